The summed E-state index contributed by atoms with van der Waals surface area (Å²) >= 11 is 12.9. The van der Waals surface area contributed by atoms with Crippen LogP contribution in [0.1, 0.15) is 63.5 Å². The molecule has 1 aliphatic rings. The maximum absolute atomic E-state index is 6.44. The summed E-state index contributed by atoms with van der Waals surface area (Å²) in [5.74, 6) is 0. The number of hydrogen-bond acceptors (Lipinski definition) is 1. The van der Waals surface area contributed by atoms with Gasteiger partial charge in [-0.3, -0.25) is 0 Å². The summed E-state index contributed by atoms with van der Waals surface area (Å²) in [7, 11) is 0. The Balaban J connectivity index is 2.32. The topological polar surface area (TPSA) is 12.0 Å². The maximum Gasteiger partial charge on any atom is 0.0565 e. The van der Waals surface area contributed by atoms with Crippen molar-refractivity contribution in [2.45, 2.75) is 57.9 Å². The van der Waals surface area contributed by atoms with Crippen LogP contribution < -0.4 is 5.32 Å². The van der Waals surface area contributed by atoms with Gasteiger partial charge in [0.15, 0.2) is 0 Å². The van der Waals surface area contributed by atoms with Crippen LogP contribution in [0.5, 0.6) is 0 Å². The third-order valence-corrected chi connectivity index (χ3v) is 4.74. The molecular formula is C18H25Cl2N. The van der Waals surface area contributed by atoms with E-state index in [4.69, 9.17) is 23.2 Å². The van der Waals surface area contributed by atoms with Gasteiger partial charge in [-0.1, -0.05) is 60.7 Å². The van der Waals surface area contributed by atoms with Crippen LogP contribution in [-0.4, -0.2) is 6.54 Å². The van der Waals surface area contributed by atoms with Gasteiger partial charge in [-0.25, -0.2) is 0 Å². The molecule has 0 radical (unpaired) electrons. The Morgan fingerprint density at radius 1 is 1.10 bits per heavy atom. The van der Waals surface area contributed by atoms with Gasteiger partial charge in [-0.2, -0.15) is 0 Å². The van der Waals surface area contributed by atoms with Gasteiger partial charge in [0.05, 0.1) is 6.04 Å². The Kier molecular flexibility index (Phi) is 7.09. The molecule has 1 atom stereocenters. The summed E-state index contributed by atoms with van der Waals surface area (Å²) in [6, 6.07) is 5.95. The second-order valence-electron chi connectivity index (χ2n) is 5.75. The fourth-order valence-corrected chi connectivity index (χ4v) is 3.59. The van der Waals surface area contributed by atoms with Crippen LogP contribution in [0.2, 0.25) is 10.0 Å². The molecule has 1 aromatic carbocycles. The number of benzene rings is 1. The number of nitrogens with one attached hydrogen (secondary N) is 1. The highest BCUT2D eigenvalue weighted by Crippen LogP contribution is 2.36. The molecule has 0 aliphatic heterocycles. The van der Waals surface area contributed by atoms with Crippen molar-refractivity contribution in [3.05, 3.63) is 45.5 Å². The van der Waals surface area contributed by atoms with E-state index >= 15 is 0 Å². The van der Waals surface area contributed by atoms with Crippen molar-refractivity contribution in [3.8, 4) is 0 Å². The smallest absolute Gasteiger partial charge is 0.0565 e. The maximum atomic E-state index is 6.44. The Bertz CT molecular complexity index is 462. The first kappa shape index (κ1) is 16.9. The highest BCUT2D eigenvalue weighted by molar-refractivity contribution is 6.36. The van der Waals surface area contributed by atoms with E-state index in [0.29, 0.717) is 0 Å². The van der Waals surface area contributed by atoms with Crippen molar-refractivity contribution in [2.75, 3.05) is 6.54 Å². The predicted octanol–water partition coefficient (Wildman–Crippen LogP) is 6.31. The van der Waals surface area contributed by atoms with Crippen LogP contribution in [-0.2, 0) is 0 Å². The standard InChI is InChI=1S/C18H25Cl2N/c1-2-13-21-18(14-9-6-4-3-5-7-10-14)17-15(19)11-8-12-16(17)20/h8-9,11-12,18,21H,2-7,10,13H2,1H3/b14-9+. The van der Waals surface area contributed by atoms with Gasteiger partial charge in [-0.15, -0.1) is 0 Å². The van der Waals surface area contributed by atoms with E-state index in [1.165, 1.54) is 37.7 Å². The van der Waals surface area contributed by atoms with E-state index < -0.39 is 0 Å². The van der Waals surface area contributed by atoms with Crippen molar-refractivity contribution in [1.82, 2.24) is 5.32 Å². The lowest BCUT2D eigenvalue weighted by molar-refractivity contribution is 0.541. The third kappa shape index (κ3) is 4.74. The molecule has 0 spiro atoms. The van der Waals surface area contributed by atoms with E-state index in [1.54, 1.807) is 0 Å². The average Bonchev–Trinajstić information content (AvgIpc) is 2.42. The minimum absolute atomic E-state index is 0.157. The first-order valence-corrected chi connectivity index (χ1v) is 8.86. The fourth-order valence-electron chi connectivity index (χ4n) is 2.97. The Morgan fingerprint density at radius 3 is 2.52 bits per heavy atom. The van der Waals surface area contributed by atoms with Crippen LogP contribution in [0.15, 0.2) is 29.8 Å². The molecule has 0 heterocycles. The molecule has 1 N–H and O–H groups in total. The quantitative estimate of drug-likeness (QED) is 0.625. The van der Waals surface area contributed by atoms with Gasteiger partial charge in [0.2, 0.25) is 0 Å². The summed E-state index contributed by atoms with van der Waals surface area (Å²) < 4.78 is 0. The van der Waals surface area contributed by atoms with E-state index in [-0.39, 0.29) is 6.04 Å². The largest absolute Gasteiger partial charge is 0.306 e. The van der Waals surface area contributed by atoms with Gasteiger partial charge in [0.1, 0.15) is 0 Å². The molecule has 0 amide bonds. The number of hydrogen-bond donors (Lipinski definition) is 1. The predicted molar refractivity (Wildman–Crippen MR) is 93.3 cm³/mol. The summed E-state index contributed by atoms with van der Waals surface area (Å²) in [5.41, 5.74) is 2.50. The van der Waals surface area contributed by atoms with Crippen molar-refractivity contribution < 1.29 is 0 Å². The van der Waals surface area contributed by atoms with Crippen molar-refractivity contribution in [3.63, 3.8) is 0 Å². The zero-order valence-electron chi connectivity index (χ0n) is 12.8. The van der Waals surface area contributed by atoms with Gasteiger partial charge in [0.25, 0.3) is 0 Å². The molecular weight excluding hydrogens is 301 g/mol. The number of rotatable bonds is 5. The molecule has 0 saturated carbocycles. The van der Waals surface area contributed by atoms with E-state index in [9.17, 15) is 0 Å². The lowest BCUT2D eigenvalue weighted by atomic mass is 9.90. The first-order chi connectivity index (χ1) is 10.2. The zero-order valence-corrected chi connectivity index (χ0v) is 14.3. The molecule has 1 nitrogen and oxygen atoms in total. The third-order valence-electron chi connectivity index (χ3n) is 4.08. The number of allylic oxidation sites excluding steroid dienone is 1. The van der Waals surface area contributed by atoms with Crippen molar-refractivity contribution in [2.24, 2.45) is 0 Å². The molecule has 1 aromatic rings. The summed E-state index contributed by atoms with van der Waals surface area (Å²) in [4.78, 5) is 0. The van der Waals surface area contributed by atoms with Crippen LogP contribution in [0.4, 0.5) is 0 Å². The van der Waals surface area contributed by atoms with Gasteiger partial charge < -0.3 is 5.32 Å². The normalized spacial score (nSPS) is 20.2. The Hall–Kier alpha value is -0.500. The molecule has 2 rings (SSSR count). The fraction of sp³-hybridized carbons (Fsp3) is 0.556. The van der Waals surface area contributed by atoms with E-state index in [0.717, 1.165) is 35.0 Å². The SMILES string of the molecule is CCCNC(/C1=C/CCCCCC1)c1c(Cl)cccc1Cl. The summed E-state index contributed by atoms with van der Waals surface area (Å²) in [6.07, 6.45) is 11.1. The Labute approximate surface area is 138 Å². The second kappa shape index (κ2) is 8.82. The molecule has 1 aliphatic carbocycles. The van der Waals surface area contributed by atoms with E-state index in [2.05, 4.69) is 18.3 Å². The lowest BCUT2D eigenvalue weighted by Crippen LogP contribution is -2.25. The molecule has 0 fully saturated rings. The van der Waals surface area contributed by atoms with Crippen LogP contribution in [0.25, 0.3) is 0 Å². The highest BCUT2D eigenvalue weighted by atomic mass is 35.5. The van der Waals surface area contributed by atoms with Crippen LogP contribution >= 0.6 is 23.2 Å². The highest BCUT2D eigenvalue weighted by Gasteiger charge is 2.21. The van der Waals surface area contributed by atoms with Gasteiger partial charge >= 0.3 is 0 Å². The minimum Gasteiger partial charge on any atom is -0.306 e. The minimum atomic E-state index is 0.157. The molecule has 0 bridgehead atoms. The average molecular weight is 326 g/mol. The monoisotopic (exact) mass is 325 g/mol. The molecule has 3 heteroatoms. The van der Waals surface area contributed by atoms with Crippen LogP contribution in [0.3, 0.4) is 0 Å². The Morgan fingerprint density at radius 2 is 1.81 bits per heavy atom. The number of halogens is 2. The van der Waals surface area contributed by atoms with Crippen LogP contribution in [0, 0.1) is 0 Å². The van der Waals surface area contributed by atoms with Crippen molar-refractivity contribution >= 4 is 23.2 Å². The molecule has 116 valence electrons. The van der Waals surface area contributed by atoms with Crippen molar-refractivity contribution in [1.29, 1.82) is 0 Å². The summed E-state index contributed by atoms with van der Waals surface area (Å²) in [6.45, 7) is 3.16. The summed E-state index contributed by atoms with van der Waals surface area (Å²) in [5, 5.41) is 5.17. The van der Waals surface area contributed by atoms with Gasteiger partial charge in [0, 0.05) is 15.6 Å². The molecule has 0 aromatic heterocycles. The second-order valence-corrected chi connectivity index (χ2v) is 6.57. The molecule has 0 saturated heterocycles. The molecule has 21 heavy (non-hydrogen) atoms. The lowest BCUT2D eigenvalue weighted by Gasteiger charge is -2.25. The van der Waals surface area contributed by atoms with E-state index in [1.807, 2.05) is 18.2 Å². The molecule has 1 unspecified atom stereocenters. The van der Waals surface area contributed by atoms with Gasteiger partial charge in [-0.05, 0) is 50.8 Å². The zero-order chi connectivity index (χ0) is 15.1. The first-order valence-electron chi connectivity index (χ1n) is 8.10.